The number of aliphatic hydroxyl groups is 1. The molecule has 0 radical (unpaired) electrons. The molecular formula is C18H19N5O3. The number of carbonyl (C=O) groups is 1. The van der Waals surface area contributed by atoms with Gasteiger partial charge in [0.25, 0.3) is 5.91 Å². The van der Waals surface area contributed by atoms with E-state index in [0.29, 0.717) is 23.9 Å². The number of rotatable bonds is 6. The van der Waals surface area contributed by atoms with E-state index >= 15 is 0 Å². The molecule has 1 fully saturated rings. The average molecular weight is 353 g/mol. The van der Waals surface area contributed by atoms with Crippen LogP contribution in [0.2, 0.25) is 0 Å². The number of hydrogen-bond acceptors (Lipinski definition) is 6. The molecule has 0 spiro atoms. The molecule has 26 heavy (non-hydrogen) atoms. The predicted octanol–water partition coefficient (Wildman–Crippen LogP) is 1.63. The Morgan fingerprint density at radius 3 is 2.88 bits per heavy atom. The molecule has 3 aromatic rings. The number of carbonyl (C=O) groups excluding carboxylic acids is 1. The van der Waals surface area contributed by atoms with Crippen LogP contribution in [0.4, 0.5) is 0 Å². The molecule has 134 valence electrons. The summed E-state index contributed by atoms with van der Waals surface area (Å²) in [5, 5.41) is 23.9. The number of nitrogens with one attached hydrogen (secondary N) is 1. The standard InChI is InChI=1S/C18H19N5O3/c24-11-15-9-19-22-23(15)10-12-6-14(7-12)20-18(25)17-8-16(21-26-17)13-4-2-1-3-5-13/h1-5,8-9,12,14,24H,6-7,10-11H2,(H,20,25). The Morgan fingerprint density at radius 2 is 2.12 bits per heavy atom. The van der Waals surface area contributed by atoms with Crippen molar-refractivity contribution < 1.29 is 14.4 Å². The smallest absolute Gasteiger partial charge is 0.290 e. The van der Waals surface area contributed by atoms with E-state index in [9.17, 15) is 9.90 Å². The second-order valence-electron chi connectivity index (χ2n) is 6.52. The maximum atomic E-state index is 12.3. The summed E-state index contributed by atoms with van der Waals surface area (Å²) in [6, 6.07) is 11.3. The van der Waals surface area contributed by atoms with Crippen molar-refractivity contribution >= 4 is 5.91 Å². The van der Waals surface area contributed by atoms with Gasteiger partial charge in [-0.05, 0) is 18.8 Å². The first-order chi connectivity index (χ1) is 12.7. The van der Waals surface area contributed by atoms with Crippen LogP contribution in [0.15, 0.2) is 47.1 Å². The molecule has 1 aliphatic carbocycles. The highest BCUT2D eigenvalue weighted by molar-refractivity contribution is 5.92. The zero-order chi connectivity index (χ0) is 17.9. The fourth-order valence-electron chi connectivity index (χ4n) is 3.19. The van der Waals surface area contributed by atoms with Gasteiger partial charge in [0.05, 0.1) is 18.5 Å². The Hall–Kier alpha value is -3.00. The van der Waals surface area contributed by atoms with Gasteiger partial charge in [-0.1, -0.05) is 40.7 Å². The van der Waals surface area contributed by atoms with Gasteiger partial charge >= 0.3 is 0 Å². The molecule has 8 nitrogen and oxygen atoms in total. The molecule has 2 N–H and O–H groups in total. The van der Waals surface area contributed by atoms with Gasteiger partial charge in [0.15, 0.2) is 0 Å². The monoisotopic (exact) mass is 353 g/mol. The van der Waals surface area contributed by atoms with Crippen molar-refractivity contribution in [2.45, 2.75) is 32.0 Å². The van der Waals surface area contributed by atoms with Crippen molar-refractivity contribution in [3.05, 3.63) is 54.0 Å². The molecule has 2 aromatic heterocycles. The Labute approximate surface area is 149 Å². The van der Waals surface area contributed by atoms with Crippen LogP contribution < -0.4 is 5.32 Å². The summed E-state index contributed by atoms with van der Waals surface area (Å²) in [5.41, 5.74) is 2.25. The van der Waals surface area contributed by atoms with Crippen molar-refractivity contribution in [3.8, 4) is 11.3 Å². The third-order valence-electron chi connectivity index (χ3n) is 4.67. The van der Waals surface area contributed by atoms with Gasteiger partial charge in [0, 0.05) is 24.2 Å². The topological polar surface area (TPSA) is 106 Å². The zero-order valence-electron chi connectivity index (χ0n) is 14.1. The lowest BCUT2D eigenvalue weighted by Crippen LogP contribution is -2.45. The highest BCUT2D eigenvalue weighted by Crippen LogP contribution is 2.29. The van der Waals surface area contributed by atoms with E-state index in [1.165, 1.54) is 0 Å². The van der Waals surface area contributed by atoms with E-state index < -0.39 is 0 Å². The fourth-order valence-corrected chi connectivity index (χ4v) is 3.19. The van der Waals surface area contributed by atoms with E-state index in [2.05, 4.69) is 20.8 Å². The SMILES string of the molecule is O=C(NC1CC(Cn2nncc2CO)C1)c1cc(-c2ccccc2)no1. The third-order valence-corrected chi connectivity index (χ3v) is 4.67. The van der Waals surface area contributed by atoms with Crippen LogP contribution in [0.1, 0.15) is 29.1 Å². The minimum Gasteiger partial charge on any atom is -0.390 e. The van der Waals surface area contributed by atoms with E-state index in [0.717, 1.165) is 18.4 Å². The van der Waals surface area contributed by atoms with E-state index in [4.69, 9.17) is 4.52 Å². The Morgan fingerprint density at radius 1 is 1.31 bits per heavy atom. The van der Waals surface area contributed by atoms with Gasteiger partial charge in [-0.3, -0.25) is 4.79 Å². The Balaban J connectivity index is 1.29. The largest absolute Gasteiger partial charge is 0.390 e. The molecule has 0 saturated heterocycles. The summed E-state index contributed by atoms with van der Waals surface area (Å²) in [4.78, 5) is 12.3. The quantitative estimate of drug-likeness (QED) is 0.698. The lowest BCUT2D eigenvalue weighted by molar-refractivity contribution is 0.0841. The highest BCUT2D eigenvalue weighted by atomic mass is 16.5. The number of aromatic nitrogens is 4. The summed E-state index contributed by atoms with van der Waals surface area (Å²) < 4.78 is 6.89. The molecular weight excluding hydrogens is 334 g/mol. The first-order valence-electron chi connectivity index (χ1n) is 8.54. The molecule has 0 atom stereocenters. The van der Waals surface area contributed by atoms with Gasteiger partial charge in [-0.2, -0.15) is 0 Å². The third kappa shape index (κ3) is 3.36. The Bertz CT molecular complexity index is 883. The summed E-state index contributed by atoms with van der Waals surface area (Å²) >= 11 is 0. The van der Waals surface area contributed by atoms with Crippen LogP contribution in [-0.4, -0.2) is 37.2 Å². The van der Waals surface area contributed by atoms with E-state index in [1.807, 2.05) is 30.3 Å². The van der Waals surface area contributed by atoms with E-state index in [1.54, 1.807) is 16.9 Å². The summed E-state index contributed by atoms with van der Waals surface area (Å²) in [6.45, 7) is 0.623. The minimum absolute atomic E-state index is 0.0743. The van der Waals surface area contributed by atoms with Crippen LogP contribution in [-0.2, 0) is 13.2 Å². The van der Waals surface area contributed by atoms with Crippen LogP contribution >= 0.6 is 0 Å². The minimum atomic E-state index is -0.250. The molecule has 0 aliphatic heterocycles. The molecule has 4 rings (SSSR count). The summed E-state index contributed by atoms with van der Waals surface area (Å²) in [6.07, 6.45) is 3.28. The second kappa shape index (κ2) is 7.09. The molecule has 8 heteroatoms. The van der Waals surface area contributed by atoms with E-state index in [-0.39, 0.29) is 24.3 Å². The number of nitrogens with zero attached hydrogens (tertiary/aromatic N) is 4. The molecule has 1 aliphatic rings. The normalized spacial score (nSPS) is 19.1. The second-order valence-corrected chi connectivity index (χ2v) is 6.52. The zero-order valence-corrected chi connectivity index (χ0v) is 14.1. The number of aliphatic hydroxyl groups excluding tert-OH is 1. The Kier molecular flexibility index (Phi) is 4.49. The van der Waals surface area contributed by atoms with Crippen molar-refractivity contribution in [2.24, 2.45) is 5.92 Å². The van der Waals surface area contributed by atoms with Crippen LogP contribution in [0.5, 0.6) is 0 Å². The van der Waals surface area contributed by atoms with Gasteiger partial charge in [-0.15, -0.1) is 5.10 Å². The van der Waals surface area contributed by atoms with Crippen LogP contribution in [0.3, 0.4) is 0 Å². The lowest BCUT2D eigenvalue weighted by atomic mass is 9.80. The first-order valence-corrected chi connectivity index (χ1v) is 8.54. The molecule has 0 unspecified atom stereocenters. The van der Waals surface area contributed by atoms with Crippen LogP contribution in [0.25, 0.3) is 11.3 Å². The van der Waals surface area contributed by atoms with Crippen molar-refractivity contribution in [3.63, 3.8) is 0 Å². The fraction of sp³-hybridized carbons (Fsp3) is 0.333. The predicted molar refractivity (Wildman–Crippen MR) is 91.9 cm³/mol. The molecule has 1 amide bonds. The first kappa shape index (κ1) is 16.5. The average Bonchev–Trinajstić information content (AvgIpc) is 3.30. The molecule has 1 saturated carbocycles. The van der Waals surface area contributed by atoms with Gasteiger partial charge in [0.2, 0.25) is 5.76 Å². The van der Waals surface area contributed by atoms with Crippen molar-refractivity contribution in [1.29, 1.82) is 0 Å². The van der Waals surface area contributed by atoms with Gasteiger partial charge in [-0.25, -0.2) is 4.68 Å². The number of amides is 1. The maximum Gasteiger partial charge on any atom is 0.290 e. The molecule has 1 aromatic carbocycles. The molecule has 0 bridgehead atoms. The summed E-state index contributed by atoms with van der Waals surface area (Å²) in [7, 11) is 0. The highest BCUT2D eigenvalue weighted by Gasteiger charge is 2.32. The van der Waals surface area contributed by atoms with Gasteiger partial charge < -0.3 is 14.9 Å². The van der Waals surface area contributed by atoms with Crippen molar-refractivity contribution in [2.75, 3.05) is 0 Å². The van der Waals surface area contributed by atoms with Gasteiger partial charge in [0.1, 0.15) is 5.69 Å². The summed E-state index contributed by atoms with van der Waals surface area (Å²) in [5.74, 6) is 0.369. The maximum absolute atomic E-state index is 12.3. The number of hydrogen-bond donors (Lipinski definition) is 2. The lowest BCUT2D eigenvalue weighted by Gasteiger charge is -2.35. The van der Waals surface area contributed by atoms with Crippen LogP contribution in [0, 0.1) is 5.92 Å². The molecule has 2 heterocycles. The number of benzene rings is 1. The van der Waals surface area contributed by atoms with Crippen molar-refractivity contribution in [1.82, 2.24) is 25.5 Å².